The lowest BCUT2D eigenvalue weighted by molar-refractivity contribution is -0.165. The molecule has 0 spiro atoms. The summed E-state index contributed by atoms with van der Waals surface area (Å²) in [6.07, 6.45) is 0.202. The fourth-order valence-electron chi connectivity index (χ4n) is 1.02. The van der Waals surface area contributed by atoms with E-state index in [0.29, 0.717) is 5.69 Å². The number of rotatable bonds is 2. The molecule has 0 unspecified atom stereocenters. The van der Waals surface area contributed by atoms with Gasteiger partial charge in [0.05, 0.1) is 5.69 Å². The standard InChI is InChI=1S/C11H15NO3/c1-11(2,3)15-10(14)9(13)8-6-4-5-7-12-8/h4-7,9,13H,1-3H3/t9-/m0/s1. The van der Waals surface area contributed by atoms with Crippen molar-refractivity contribution in [2.24, 2.45) is 0 Å². The number of carbonyl (C=O) groups excluding carboxylic acids is 1. The van der Waals surface area contributed by atoms with Gasteiger partial charge < -0.3 is 9.84 Å². The van der Waals surface area contributed by atoms with Gasteiger partial charge in [-0.25, -0.2) is 4.79 Å². The van der Waals surface area contributed by atoms with Crippen LogP contribution in [0.1, 0.15) is 32.6 Å². The number of nitrogens with zero attached hydrogens (tertiary/aromatic N) is 1. The van der Waals surface area contributed by atoms with Crippen molar-refractivity contribution in [3.63, 3.8) is 0 Å². The smallest absolute Gasteiger partial charge is 0.341 e. The molecule has 1 N–H and O–H groups in total. The molecule has 0 aromatic carbocycles. The number of hydrogen-bond donors (Lipinski definition) is 1. The Morgan fingerprint density at radius 2 is 2.13 bits per heavy atom. The molecule has 15 heavy (non-hydrogen) atoms. The van der Waals surface area contributed by atoms with Crippen LogP contribution in [0, 0.1) is 0 Å². The molecule has 1 rings (SSSR count). The molecule has 1 atom stereocenters. The van der Waals surface area contributed by atoms with Gasteiger partial charge in [0.2, 0.25) is 0 Å². The molecule has 1 aromatic rings. The zero-order valence-electron chi connectivity index (χ0n) is 9.10. The molecule has 0 aliphatic heterocycles. The molecule has 0 saturated carbocycles. The van der Waals surface area contributed by atoms with E-state index in [4.69, 9.17) is 4.74 Å². The maximum atomic E-state index is 11.4. The average Bonchev–Trinajstić information content (AvgIpc) is 2.15. The summed E-state index contributed by atoms with van der Waals surface area (Å²) in [5, 5.41) is 9.62. The lowest BCUT2D eigenvalue weighted by Crippen LogP contribution is -2.28. The first-order valence-electron chi connectivity index (χ1n) is 4.72. The van der Waals surface area contributed by atoms with Crippen LogP contribution in [0.15, 0.2) is 24.4 Å². The summed E-state index contributed by atoms with van der Waals surface area (Å²) in [7, 11) is 0. The maximum absolute atomic E-state index is 11.4. The van der Waals surface area contributed by atoms with Crippen molar-refractivity contribution in [1.82, 2.24) is 4.98 Å². The molecule has 1 aromatic heterocycles. The number of hydrogen-bond acceptors (Lipinski definition) is 4. The summed E-state index contributed by atoms with van der Waals surface area (Å²) >= 11 is 0. The normalized spacial score (nSPS) is 13.3. The van der Waals surface area contributed by atoms with E-state index in [2.05, 4.69) is 4.98 Å². The predicted molar refractivity (Wildman–Crippen MR) is 55.0 cm³/mol. The fraction of sp³-hybridized carbons (Fsp3) is 0.455. The number of aromatic nitrogens is 1. The Bertz CT molecular complexity index is 329. The third-order valence-electron chi connectivity index (χ3n) is 1.60. The summed E-state index contributed by atoms with van der Waals surface area (Å²) in [6, 6.07) is 5.00. The van der Waals surface area contributed by atoms with Gasteiger partial charge in [0.25, 0.3) is 0 Å². The minimum Gasteiger partial charge on any atom is -0.458 e. The molecule has 1 heterocycles. The van der Waals surface area contributed by atoms with E-state index in [1.54, 1.807) is 39.0 Å². The highest BCUT2D eigenvalue weighted by atomic mass is 16.6. The first-order valence-corrected chi connectivity index (χ1v) is 4.72. The van der Waals surface area contributed by atoms with Crippen molar-refractivity contribution in [1.29, 1.82) is 0 Å². The molecule has 0 saturated heterocycles. The Labute approximate surface area is 88.9 Å². The predicted octanol–water partition coefficient (Wildman–Crippen LogP) is 1.46. The van der Waals surface area contributed by atoms with Crippen LogP contribution >= 0.6 is 0 Å². The largest absolute Gasteiger partial charge is 0.458 e. The van der Waals surface area contributed by atoms with Gasteiger partial charge in [-0.1, -0.05) is 6.07 Å². The number of esters is 1. The highest BCUT2D eigenvalue weighted by Crippen LogP contribution is 2.16. The molecule has 0 aliphatic rings. The lowest BCUT2D eigenvalue weighted by Gasteiger charge is -2.21. The Morgan fingerprint density at radius 3 is 2.60 bits per heavy atom. The van der Waals surface area contributed by atoms with Crippen LogP contribution in [-0.4, -0.2) is 21.7 Å². The quantitative estimate of drug-likeness (QED) is 0.749. The van der Waals surface area contributed by atoms with Crippen molar-refractivity contribution >= 4 is 5.97 Å². The minimum absolute atomic E-state index is 0.298. The fourth-order valence-corrected chi connectivity index (χ4v) is 1.02. The van der Waals surface area contributed by atoms with Crippen molar-refractivity contribution in [3.8, 4) is 0 Å². The van der Waals surface area contributed by atoms with Gasteiger partial charge in [-0.3, -0.25) is 4.98 Å². The SMILES string of the molecule is CC(C)(C)OC(=O)[C@@H](O)c1ccccn1. The van der Waals surface area contributed by atoms with E-state index in [-0.39, 0.29) is 0 Å². The van der Waals surface area contributed by atoms with Gasteiger partial charge in [0, 0.05) is 6.20 Å². The van der Waals surface area contributed by atoms with E-state index in [0.717, 1.165) is 0 Å². The Hall–Kier alpha value is -1.42. The molecule has 4 heteroatoms. The van der Waals surface area contributed by atoms with Gasteiger partial charge in [0.15, 0.2) is 6.10 Å². The second-order valence-electron chi connectivity index (χ2n) is 4.19. The van der Waals surface area contributed by atoms with Crippen molar-refractivity contribution in [2.75, 3.05) is 0 Å². The molecule has 4 nitrogen and oxygen atoms in total. The number of aliphatic hydroxyl groups is 1. The molecule has 82 valence electrons. The van der Waals surface area contributed by atoms with Crippen LogP contribution in [0.25, 0.3) is 0 Å². The summed E-state index contributed by atoms with van der Waals surface area (Å²) < 4.78 is 5.02. The van der Waals surface area contributed by atoms with Crippen molar-refractivity contribution in [3.05, 3.63) is 30.1 Å². The van der Waals surface area contributed by atoms with E-state index < -0.39 is 17.7 Å². The number of pyridine rings is 1. The number of carbonyl (C=O) groups is 1. The zero-order valence-corrected chi connectivity index (χ0v) is 9.10. The van der Waals surface area contributed by atoms with Gasteiger partial charge in [-0.2, -0.15) is 0 Å². The third-order valence-corrected chi connectivity index (χ3v) is 1.60. The zero-order chi connectivity index (χ0) is 11.5. The van der Waals surface area contributed by atoms with Crippen LogP contribution in [0.2, 0.25) is 0 Å². The average molecular weight is 209 g/mol. The molecule has 0 fully saturated rings. The van der Waals surface area contributed by atoms with Crippen molar-refractivity contribution in [2.45, 2.75) is 32.5 Å². The van der Waals surface area contributed by atoms with E-state index in [9.17, 15) is 9.90 Å². The monoisotopic (exact) mass is 209 g/mol. The molecule has 0 radical (unpaired) electrons. The van der Waals surface area contributed by atoms with E-state index >= 15 is 0 Å². The summed E-state index contributed by atoms with van der Waals surface area (Å²) in [6.45, 7) is 5.24. The number of aliphatic hydroxyl groups excluding tert-OH is 1. The summed E-state index contributed by atoms with van der Waals surface area (Å²) in [5.41, 5.74) is -0.306. The van der Waals surface area contributed by atoms with Crippen molar-refractivity contribution < 1.29 is 14.6 Å². The minimum atomic E-state index is -1.31. The molecule has 0 aliphatic carbocycles. The maximum Gasteiger partial charge on any atom is 0.341 e. The molecule has 0 amide bonds. The van der Waals surface area contributed by atoms with Gasteiger partial charge in [0.1, 0.15) is 5.60 Å². The summed E-state index contributed by atoms with van der Waals surface area (Å²) in [4.78, 5) is 15.3. The Morgan fingerprint density at radius 1 is 1.47 bits per heavy atom. The molecular formula is C11H15NO3. The summed E-state index contributed by atoms with van der Waals surface area (Å²) in [5.74, 6) is -0.679. The van der Waals surface area contributed by atoms with Crippen LogP contribution < -0.4 is 0 Å². The second-order valence-corrected chi connectivity index (χ2v) is 4.19. The highest BCUT2D eigenvalue weighted by molar-refractivity contribution is 5.75. The molecule has 0 bridgehead atoms. The van der Waals surface area contributed by atoms with Crippen LogP contribution in [0.3, 0.4) is 0 Å². The topological polar surface area (TPSA) is 59.4 Å². The van der Waals surface area contributed by atoms with E-state index in [1.807, 2.05) is 0 Å². The van der Waals surface area contributed by atoms with Gasteiger partial charge in [-0.15, -0.1) is 0 Å². The first kappa shape index (κ1) is 11.7. The van der Waals surface area contributed by atoms with Crippen LogP contribution in [0.5, 0.6) is 0 Å². The lowest BCUT2D eigenvalue weighted by atomic mass is 10.2. The van der Waals surface area contributed by atoms with E-state index in [1.165, 1.54) is 6.20 Å². The van der Waals surface area contributed by atoms with Crippen LogP contribution in [0.4, 0.5) is 0 Å². The third kappa shape index (κ3) is 3.67. The van der Waals surface area contributed by atoms with Gasteiger partial charge in [-0.05, 0) is 32.9 Å². The molecular weight excluding hydrogens is 194 g/mol. The first-order chi connectivity index (χ1) is 6.90. The second kappa shape index (κ2) is 4.40. The highest BCUT2D eigenvalue weighted by Gasteiger charge is 2.25. The number of ether oxygens (including phenoxy) is 1. The Kier molecular flexibility index (Phi) is 3.42. The van der Waals surface area contributed by atoms with Crippen LogP contribution in [-0.2, 0) is 9.53 Å². The Balaban J connectivity index is 2.70. The van der Waals surface area contributed by atoms with Gasteiger partial charge >= 0.3 is 5.97 Å².